The topological polar surface area (TPSA) is 63.5 Å². The third-order valence-corrected chi connectivity index (χ3v) is 4.12. The summed E-state index contributed by atoms with van der Waals surface area (Å²) in [6.45, 7) is 6.12. The van der Waals surface area contributed by atoms with Crippen LogP contribution in [-0.2, 0) is 17.8 Å². The van der Waals surface area contributed by atoms with Crippen LogP contribution in [0.1, 0.15) is 25.6 Å². The molecular formula is C13H21N5O2. The van der Waals surface area contributed by atoms with Crippen LogP contribution in [0.25, 0.3) is 0 Å². The molecule has 2 aliphatic heterocycles. The van der Waals surface area contributed by atoms with Crippen molar-refractivity contribution in [2.45, 2.75) is 38.5 Å². The van der Waals surface area contributed by atoms with Gasteiger partial charge in [-0.25, -0.2) is 14.5 Å². The summed E-state index contributed by atoms with van der Waals surface area (Å²) in [5.41, 5.74) is -0.332. The fourth-order valence-electron chi connectivity index (χ4n) is 3.20. The molecule has 1 aromatic rings. The number of aryl methyl sites for hydroxylation is 1. The molecule has 0 N–H and O–H groups in total. The number of carbonyl (C=O) groups is 1. The van der Waals surface area contributed by atoms with Gasteiger partial charge in [-0.05, 0) is 26.3 Å². The smallest absolute Gasteiger partial charge is 0.410 e. The van der Waals surface area contributed by atoms with Crippen LogP contribution in [0.5, 0.6) is 0 Å². The van der Waals surface area contributed by atoms with Crippen molar-refractivity contribution >= 4 is 6.09 Å². The molecule has 0 aromatic carbocycles. The van der Waals surface area contributed by atoms with Crippen molar-refractivity contribution in [1.82, 2.24) is 24.6 Å². The van der Waals surface area contributed by atoms with Crippen LogP contribution >= 0.6 is 0 Å². The van der Waals surface area contributed by atoms with Crippen molar-refractivity contribution in [3.05, 3.63) is 12.2 Å². The number of likely N-dealkylation sites (N-methyl/N-ethyl adjacent to an activating group) is 1. The minimum atomic E-state index is -0.332. The average Bonchev–Trinajstić information content (AvgIpc) is 2.95. The Bertz CT molecular complexity index is 503. The lowest BCUT2D eigenvalue weighted by Crippen LogP contribution is -2.50. The van der Waals surface area contributed by atoms with E-state index in [2.05, 4.69) is 21.9 Å². The number of hydrogen-bond donors (Lipinski definition) is 0. The van der Waals surface area contributed by atoms with E-state index in [9.17, 15) is 4.79 Å². The summed E-state index contributed by atoms with van der Waals surface area (Å²) in [5.74, 6) is 0.974. The van der Waals surface area contributed by atoms with Crippen molar-refractivity contribution in [1.29, 1.82) is 0 Å². The van der Waals surface area contributed by atoms with Crippen LogP contribution in [0.4, 0.5) is 4.79 Å². The lowest BCUT2D eigenvalue weighted by molar-refractivity contribution is -0.0123. The predicted molar refractivity (Wildman–Crippen MR) is 72.0 cm³/mol. The predicted octanol–water partition coefficient (Wildman–Crippen LogP) is 0.715. The summed E-state index contributed by atoms with van der Waals surface area (Å²) in [7, 11) is 1.80. The van der Waals surface area contributed by atoms with E-state index in [1.807, 2.05) is 4.68 Å². The summed E-state index contributed by atoms with van der Waals surface area (Å²) in [6.07, 6.45) is 3.38. The normalized spacial score (nSPS) is 27.3. The second kappa shape index (κ2) is 5.05. The van der Waals surface area contributed by atoms with Gasteiger partial charge in [0.1, 0.15) is 17.8 Å². The Labute approximate surface area is 118 Å². The molecule has 110 valence electrons. The summed E-state index contributed by atoms with van der Waals surface area (Å²) < 4.78 is 7.52. The highest BCUT2D eigenvalue weighted by atomic mass is 16.6. The van der Waals surface area contributed by atoms with Gasteiger partial charge in [0.25, 0.3) is 0 Å². The molecule has 2 aliphatic rings. The van der Waals surface area contributed by atoms with Gasteiger partial charge in [0.15, 0.2) is 0 Å². The first-order valence-electron chi connectivity index (χ1n) is 7.15. The first-order valence-corrected chi connectivity index (χ1v) is 7.15. The summed E-state index contributed by atoms with van der Waals surface area (Å²) in [5, 5.41) is 4.20. The lowest BCUT2D eigenvalue weighted by Gasteiger charge is -2.38. The van der Waals surface area contributed by atoms with Crippen molar-refractivity contribution in [2.24, 2.45) is 0 Å². The number of likely N-dealkylation sites (tertiary alicyclic amines) is 1. The molecule has 7 heteroatoms. The highest BCUT2D eigenvalue weighted by Crippen LogP contribution is 2.31. The Balaban J connectivity index is 1.68. The molecule has 0 unspecified atom stereocenters. The van der Waals surface area contributed by atoms with Crippen LogP contribution in [0.15, 0.2) is 6.33 Å². The highest BCUT2D eigenvalue weighted by molar-refractivity contribution is 5.70. The molecule has 2 saturated heterocycles. The minimum absolute atomic E-state index is 0.205. The maximum atomic E-state index is 11.6. The molecule has 0 radical (unpaired) electrons. The number of carbonyl (C=O) groups excluding carboxylic acids is 1. The Kier molecular flexibility index (Phi) is 3.37. The highest BCUT2D eigenvalue weighted by Gasteiger charge is 2.46. The van der Waals surface area contributed by atoms with Gasteiger partial charge in [0.05, 0.1) is 13.1 Å². The number of nitrogens with zero attached hydrogens (tertiary/aromatic N) is 5. The fraction of sp³-hybridized carbons (Fsp3) is 0.769. The summed E-state index contributed by atoms with van der Waals surface area (Å²) >= 11 is 0. The molecule has 3 heterocycles. The average molecular weight is 279 g/mol. The number of hydrogen-bond acceptors (Lipinski definition) is 5. The van der Waals surface area contributed by atoms with Gasteiger partial charge in [-0.15, -0.1) is 0 Å². The number of amides is 1. The number of piperidine rings is 1. The molecular weight excluding hydrogens is 258 g/mol. The Morgan fingerprint density at radius 2 is 2.30 bits per heavy atom. The lowest BCUT2D eigenvalue weighted by atomic mass is 9.93. The second-order valence-corrected chi connectivity index (χ2v) is 5.71. The van der Waals surface area contributed by atoms with Crippen molar-refractivity contribution in [3.63, 3.8) is 0 Å². The molecule has 7 nitrogen and oxygen atoms in total. The molecule has 1 amide bonds. The van der Waals surface area contributed by atoms with E-state index in [1.54, 1.807) is 18.3 Å². The Hall–Kier alpha value is -1.63. The van der Waals surface area contributed by atoms with Gasteiger partial charge in [0, 0.05) is 20.1 Å². The maximum absolute atomic E-state index is 11.6. The van der Waals surface area contributed by atoms with Crippen LogP contribution < -0.4 is 0 Å². The SMILES string of the molecule is CCn1ncnc1CN1CCC[C@]2(C1)CN(C)C(=O)O2. The van der Waals surface area contributed by atoms with Gasteiger partial charge in [-0.3, -0.25) is 4.90 Å². The van der Waals surface area contributed by atoms with Crippen molar-refractivity contribution < 1.29 is 9.53 Å². The zero-order chi connectivity index (χ0) is 14.2. The van der Waals surface area contributed by atoms with E-state index in [1.165, 1.54) is 0 Å². The monoisotopic (exact) mass is 279 g/mol. The van der Waals surface area contributed by atoms with Gasteiger partial charge >= 0.3 is 6.09 Å². The molecule has 2 fully saturated rings. The Morgan fingerprint density at radius 1 is 1.45 bits per heavy atom. The molecule has 3 rings (SSSR count). The second-order valence-electron chi connectivity index (χ2n) is 5.71. The van der Waals surface area contributed by atoms with Gasteiger partial charge in [-0.2, -0.15) is 5.10 Å². The first-order chi connectivity index (χ1) is 9.62. The maximum Gasteiger partial charge on any atom is 0.410 e. The third-order valence-electron chi connectivity index (χ3n) is 4.12. The Morgan fingerprint density at radius 3 is 3.00 bits per heavy atom. The van der Waals surface area contributed by atoms with Crippen LogP contribution in [0.3, 0.4) is 0 Å². The quantitative estimate of drug-likeness (QED) is 0.815. The van der Waals surface area contributed by atoms with Crippen molar-refractivity contribution in [2.75, 3.05) is 26.7 Å². The van der Waals surface area contributed by atoms with E-state index in [4.69, 9.17) is 4.74 Å². The molecule has 0 bridgehead atoms. The van der Waals surface area contributed by atoms with Gasteiger partial charge in [0.2, 0.25) is 0 Å². The fourth-order valence-corrected chi connectivity index (χ4v) is 3.20. The van der Waals surface area contributed by atoms with E-state index in [0.717, 1.165) is 44.8 Å². The number of ether oxygens (including phenoxy) is 1. The van der Waals surface area contributed by atoms with E-state index >= 15 is 0 Å². The van der Waals surface area contributed by atoms with Gasteiger partial charge < -0.3 is 9.64 Å². The molecule has 1 aromatic heterocycles. The molecule has 1 spiro atoms. The standard InChI is InChI=1S/C13H21N5O2/c1-3-18-11(14-10-15-18)7-17-6-4-5-13(9-17)8-16(2)12(19)20-13/h10H,3-9H2,1-2H3/t13-/m1/s1. The van der Waals surface area contributed by atoms with E-state index < -0.39 is 0 Å². The van der Waals surface area contributed by atoms with Crippen LogP contribution in [0.2, 0.25) is 0 Å². The molecule has 0 saturated carbocycles. The van der Waals surface area contributed by atoms with Gasteiger partial charge in [-0.1, -0.05) is 0 Å². The van der Waals surface area contributed by atoms with E-state index in [-0.39, 0.29) is 11.7 Å². The number of aromatic nitrogens is 3. The number of rotatable bonds is 3. The molecule has 0 aliphatic carbocycles. The first kappa shape index (κ1) is 13.4. The zero-order valence-corrected chi connectivity index (χ0v) is 12.1. The van der Waals surface area contributed by atoms with Crippen molar-refractivity contribution in [3.8, 4) is 0 Å². The summed E-state index contributed by atoms with van der Waals surface area (Å²) in [6, 6.07) is 0. The summed E-state index contributed by atoms with van der Waals surface area (Å²) in [4.78, 5) is 19.9. The molecule has 20 heavy (non-hydrogen) atoms. The third kappa shape index (κ3) is 2.37. The molecule has 1 atom stereocenters. The largest absolute Gasteiger partial charge is 0.440 e. The van der Waals surface area contributed by atoms with E-state index in [0.29, 0.717) is 6.54 Å². The van der Waals surface area contributed by atoms with Crippen LogP contribution in [-0.4, -0.2) is 62.9 Å². The zero-order valence-electron chi connectivity index (χ0n) is 12.1. The minimum Gasteiger partial charge on any atom is -0.440 e. The van der Waals surface area contributed by atoms with Crippen LogP contribution in [0, 0.1) is 0 Å².